The summed E-state index contributed by atoms with van der Waals surface area (Å²) in [5.74, 6) is 0. The van der Waals surface area contributed by atoms with Crippen molar-refractivity contribution in [3.63, 3.8) is 0 Å². The summed E-state index contributed by atoms with van der Waals surface area (Å²) < 4.78 is 36.7. The lowest BCUT2D eigenvalue weighted by atomic mass is 10.1. The molecule has 1 nitrogen and oxygen atoms in total. The number of rotatable bonds is 2. The third-order valence-electron chi connectivity index (χ3n) is 2.26. The van der Waals surface area contributed by atoms with Crippen LogP contribution in [0.15, 0.2) is 48.5 Å². The number of alkyl halides is 3. The molecule has 17 heavy (non-hydrogen) atoms. The fourth-order valence-corrected chi connectivity index (χ4v) is 1.55. The van der Waals surface area contributed by atoms with Crippen molar-refractivity contribution < 1.29 is 13.2 Å². The Morgan fingerprint density at radius 1 is 0.882 bits per heavy atom. The van der Waals surface area contributed by atoms with Crippen molar-refractivity contribution in [3.05, 3.63) is 54.2 Å². The van der Waals surface area contributed by atoms with E-state index in [1.807, 2.05) is 30.3 Å². The summed E-state index contributed by atoms with van der Waals surface area (Å²) in [5.41, 5.74) is 1.42. The summed E-state index contributed by atoms with van der Waals surface area (Å²) in [6.45, 7) is 0. The molecule has 0 atom stereocenters. The fraction of sp³-hybridized carbons (Fsp3) is 0.154. The minimum atomic E-state index is -4.22. The van der Waals surface area contributed by atoms with Crippen LogP contribution in [0.1, 0.15) is 5.69 Å². The molecular weight excluding hydrogens is 227 g/mol. The number of aromatic nitrogens is 1. The summed E-state index contributed by atoms with van der Waals surface area (Å²) in [4.78, 5) is 4.01. The second-order valence-corrected chi connectivity index (χ2v) is 3.67. The molecule has 0 saturated heterocycles. The maximum absolute atomic E-state index is 12.2. The van der Waals surface area contributed by atoms with Gasteiger partial charge in [-0.05, 0) is 12.1 Å². The molecule has 0 bridgehead atoms. The lowest BCUT2D eigenvalue weighted by Crippen LogP contribution is -2.12. The van der Waals surface area contributed by atoms with Gasteiger partial charge in [-0.25, -0.2) is 0 Å². The highest BCUT2D eigenvalue weighted by atomic mass is 19.4. The van der Waals surface area contributed by atoms with Crippen LogP contribution in [0.3, 0.4) is 0 Å². The van der Waals surface area contributed by atoms with Crippen LogP contribution in [0.25, 0.3) is 11.3 Å². The zero-order valence-corrected chi connectivity index (χ0v) is 8.91. The van der Waals surface area contributed by atoms with Crippen molar-refractivity contribution >= 4 is 0 Å². The zero-order chi connectivity index (χ0) is 12.3. The maximum Gasteiger partial charge on any atom is 0.394 e. The summed E-state index contributed by atoms with van der Waals surface area (Å²) >= 11 is 0. The maximum atomic E-state index is 12.2. The molecule has 0 unspecified atom stereocenters. The minimum Gasteiger partial charge on any atom is -0.252 e. The second-order valence-electron chi connectivity index (χ2n) is 3.67. The van der Waals surface area contributed by atoms with Crippen LogP contribution in [0, 0.1) is 0 Å². The monoisotopic (exact) mass is 237 g/mol. The van der Waals surface area contributed by atoms with E-state index in [1.165, 1.54) is 6.07 Å². The molecule has 1 aromatic carbocycles. The average molecular weight is 237 g/mol. The molecule has 0 radical (unpaired) electrons. The van der Waals surface area contributed by atoms with Crippen molar-refractivity contribution in [1.29, 1.82) is 0 Å². The molecule has 0 saturated carbocycles. The first-order valence-corrected chi connectivity index (χ1v) is 5.13. The third-order valence-corrected chi connectivity index (χ3v) is 2.26. The molecular formula is C13H10F3N. The van der Waals surface area contributed by atoms with Crippen LogP contribution in [-0.2, 0) is 6.42 Å². The van der Waals surface area contributed by atoms with Crippen molar-refractivity contribution in [2.24, 2.45) is 0 Å². The summed E-state index contributed by atoms with van der Waals surface area (Å²) in [5, 5.41) is 0. The standard InChI is InChI=1S/C13H10F3N/c14-13(15,16)9-11-7-4-8-12(17-11)10-5-2-1-3-6-10/h1-8H,9H2. The minimum absolute atomic E-state index is 0.0406. The smallest absolute Gasteiger partial charge is 0.252 e. The summed E-state index contributed by atoms with van der Waals surface area (Å²) in [7, 11) is 0. The van der Waals surface area contributed by atoms with Crippen molar-refractivity contribution in [2.45, 2.75) is 12.6 Å². The summed E-state index contributed by atoms with van der Waals surface area (Å²) in [6, 6.07) is 13.8. The Hall–Kier alpha value is -1.84. The van der Waals surface area contributed by atoms with Gasteiger partial charge in [0, 0.05) is 5.56 Å². The molecule has 1 aromatic heterocycles. The molecule has 0 aliphatic rings. The molecule has 1 heterocycles. The highest BCUT2D eigenvalue weighted by molar-refractivity contribution is 5.58. The molecule has 0 aliphatic heterocycles. The molecule has 0 aliphatic carbocycles. The van der Waals surface area contributed by atoms with Crippen molar-refractivity contribution in [1.82, 2.24) is 4.98 Å². The van der Waals surface area contributed by atoms with Gasteiger partial charge in [-0.15, -0.1) is 0 Å². The van der Waals surface area contributed by atoms with Gasteiger partial charge >= 0.3 is 6.18 Å². The van der Waals surface area contributed by atoms with Gasteiger partial charge in [0.05, 0.1) is 17.8 Å². The number of benzene rings is 1. The predicted octanol–water partition coefficient (Wildman–Crippen LogP) is 3.85. The Morgan fingerprint density at radius 3 is 2.24 bits per heavy atom. The van der Waals surface area contributed by atoms with Crippen LogP contribution in [0.4, 0.5) is 13.2 Å². The van der Waals surface area contributed by atoms with Crippen molar-refractivity contribution in [2.75, 3.05) is 0 Å². The first kappa shape index (κ1) is 11.6. The first-order chi connectivity index (χ1) is 8.04. The van der Waals surface area contributed by atoms with Gasteiger partial charge in [0.15, 0.2) is 0 Å². The number of halogens is 3. The molecule has 4 heteroatoms. The lowest BCUT2D eigenvalue weighted by Gasteiger charge is -2.07. The van der Waals surface area contributed by atoms with E-state index in [0.717, 1.165) is 5.56 Å². The van der Waals surface area contributed by atoms with E-state index in [9.17, 15) is 13.2 Å². The van der Waals surface area contributed by atoms with Gasteiger partial charge in [-0.1, -0.05) is 36.4 Å². The van der Waals surface area contributed by atoms with Crippen LogP contribution in [0.2, 0.25) is 0 Å². The zero-order valence-electron chi connectivity index (χ0n) is 8.91. The van der Waals surface area contributed by atoms with E-state index < -0.39 is 12.6 Å². The number of hydrogen-bond donors (Lipinski definition) is 0. The van der Waals surface area contributed by atoms with Crippen LogP contribution in [0.5, 0.6) is 0 Å². The van der Waals surface area contributed by atoms with Gasteiger partial charge in [0.25, 0.3) is 0 Å². The molecule has 0 amide bonds. The van der Waals surface area contributed by atoms with Gasteiger partial charge in [0.2, 0.25) is 0 Å². The van der Waals surface area contributed by atoms with Crippen molar-refractivity contribution in [3.8, 4) is 11.3 Å². The van der Waals surface area contributed by atoms with E-state index in [2.05, 4.69) is 4.98 Å². The van der Waals surface area contributed by atoms with Gasteiger partial charge in [0.1, 0.15) is 0 Å². The van der Waals surface area contributed by atoms with E-state index in [4.69, 9.17) is 0 Å². The fourth-order valence-electron chi connectivity index (χ4n) is 1.55. The highest BCUT2D eigenvalue weighted by Gasteiger charge is 2.28. The van der Waals surface area contributed by atoms with E-state index >= 15 is 0 Å². The van der Waals surface area contributed by atoms with E-state index in [1.54, 1.807) is 12.1 Å². The topological polar surface area (TPSA) is 12.9 Å². The number of nitrogens with zero attached hydrogens (tertiary/aromatic N) is 1. The summed E-state index contributed by atoms with van der Waals surface area (Å²) in [6.07, 6.45) is -5.21. The molecule has 88 valence electrons. The van der Waals surface area contributed by atoms with Gasteiger partial charge in [-0.2, -0.15) is 13.2 Å². The Bertz CT molecular complexity index is 492. The second kappa shape index (κ2) is 4.57. The third kappa shape index (κ3) is 3.31. The Morgan fingerprint density at radius 2 is 1.59 bits per heavy atom. The van der Waals surface area contributed by atoms with Gasteiger partial charge < -0.3 is 0 Å². The number of pyridine rings is 1. The van der Waals surface area contributed by atoms with Crippen LogP contribution in [-0.4, -0.2) is 11.2 Å². The Balaban J connectivity index is 2.29. The molecule has 0 N–H and O–H groups in total. The quantitative estimate of drug-likeness (QED) is 0.773. The van der Waals surface area contributed by atoms with Crippen LogP contribution >= 0.6 is 0 Å². The molecule has 0 fully saturated rings. The SMILES string of the molecule is FC(F)(F)Cc1cccc(-c2ccccc2)n1. The van der Waals surface area contributed by atoms with E-state index in [0.29, 0.717) is 5.69 Å². The normalized spacial score (nSPS) is 11.5. The Kier molecular flexibility index (Phi) is 3.13. The van der Waals surface area contributed by atoms with Crippen LogP contribution < -0.4 is 0 Å². The highest BCUT2D eigenvalue weighted by Crippen LogP contribution is 2.22. The first-order valence-electron chi connectivity index (χ1n) is 5.13. The van der Waals surface area contributed by atoms with Gasteiger partial charge in [-0.3, -0.25) is 4.98 Å². The number of hydrogen-bond acceptors (Lipinski definition) is 1. The Labute approximate surface area is 96.9 Å². The molecule has 2 aromatic rings. The largest absolute Gasteiger partial charge is 0.394 e. The molecule has 0 spiro atoms. The molecule has 2 rings (SSSR count). The van der Waals surface area contributed by atoms with E-state index in [-0.39, 0.29) is 5.69 Å². The lowest BCUT2D eigenvalue weighted by molar-refractivity contribution is -0.127. The average Bonchev–Trinajstić information content (AvgIpc) is 2.28. The predicted molar refractivity (Wildman–Crippen MR) is 59.4 cm³/mol.